The summed E-state index contributed by atoms with van der Waals surface area (Å²) in [5, 5.41) is 2.87. The number of hydrogen-bond donors (Lipinski definition) is 1. The predicted octanol–water partition coefficient (Wildman–Crippen LogP) is 1.58. The third kappa shape index (κ3) is 2.18. The number of carbonyl (C=O) groups is 2. The zero-order valence-corrected chi connectivity index (χ0v) is 13.1. The van der Waals surface area contributed by atoms with E-state index in [2.05, 4.69) is 10.3 Å². The van der Waals surface area contributed by atoms with E-state index in [1.807, 2.05) is 26.8 Å². The van der Waals surface area contributed by atoms with Crippen LogP contribution in [0.1, 0.15) is 60.9 Å². The first-order valence-electron chi connectivity index (χ1n) is 7.75. The largest absolute Gasteiger partial charge is 0.379 e. The fourth-order valence-electron chi connectivity index (χ4n) is 3.11. The minimum Gasteiger partial charge on any atom is -0.379 e. The monoisotopic (exact) mass is 303 g/mol. The van der Waals surface area contributed by atoms with Crippen LogP contribution in [0.3, 0.4) is 0 Å². The summed E-state index contributed by atoms with van der Waals surface area (Å²) in [7, 11) is 0. The average molecular weight is 303 g/mol. The van der Waals surface area contributed by atoms with Crippen molar-refractivity contribution in [3.05, 3.63) is 29.1 Å². The summed E-state index contributed by atoms with van der Waals surface area (Å²) in [6.45, 7) is 6.92. The van der Waals surface area contributed by atoms with E-state index in [4.69, 9.17) is 4.74 Å². The lowest BCUT2D eigenvalue weighted by atomic mass is 9.97. The first kappa shape index (κ1) is 15.0. The third-order valence-corrected chi connectivity index (χ3v) is 4.16. The fourth-order valence-corrected chi connectivity index (χ4v) is 3.11. The molecule has 3 heterocycles. The molecule has 6 nitrogen and oxygen atoms in total. The fraction of sp³-hybridized carbons (Fsp3) is 0.562. The second-order valence-electron chi connectivity index (χ2n) is 6.03. The summed E-state index contributed by atoms with van der Waals surface area (Å²) >= 11 is 0. The lowest BCUT2D eigenvalue weighted by molar-refractivity contribution is -0.122. The van der Waals surface area contributed by atoms with E-state index in [0.717, 1.165) is 12.0 Å². The molecule has 0 spiro atoms. The number of nitrogens with zero attached hydrogens (tertiary/aromatic N) is 2. The van der Waals surface area contributed by atoms with Crippen LogP contribution in [0.5, 0.6) is 0 Å². The van der Waals surface area contributed by atoms with Crippen LogP contribution in [0.2, 0.25) is 0 Å². The van der Waals surface area contributed by atoms with Gasteiger partial charge in [0.05, 0.1) is 17.9 Å². The average Bonchev–Trinajstić information content (AvgIpc) is 2.96. The highest BCUT2D eigenvalue weighted by atomic mass is 16.5. The number of carbonyl (C=O) groups excluding carboxylic acids is 2. The normalized spacial score (nSPS) is 23.0. The van der Waals surface area contributed by atoms with Crippen LogP contribution in [0.25, 0.3) is 0 Å². The van der Waals surface area contributed by atoms with E-state index in [1.54, 1.807) is 11.1 Å². The third-order valence-electron chi connectivity index (χ3n) is 4.16. The van der Waals surface area contributed by atoms with E-state index < -0.39 is 12.2 Å². The van der Waals surface area contributed by atoms with E-state index in [0.29, 0.717) is 17.9 Å². The van der Waals surface area contributed by atoms with E-state index in [1.165, 1.54) is 0 Å². The van der Waals surface area contributed by atoms with Gasteiger partial charge in [-0.1, -0.05) is 20.8 Å². The van der Waals surface area contributed by atoms with Crippen molar-refractivity contribution in [2.45, 2.75) is 45.3 Å². The Balaban J connectivity index is 1.93. The maximum atomic E-state index is 12.8. The van der Waals surface area contributed by atoms with Crippen molar-refractivity contribution in [3.63, 3.8) is 0 Å². The van der Waals surface area contributed by atoms with Gasteiger partial charge in [-0.2, -0.15) is 0 Å². The van der Waals surface area contributed by atoms with Crippen molar-refractivity contribution in [2.75, 3.05) is 13.2 Å². The molecule has 22 heavy (non-hydrogen) atoms. The first-order valence-corrected chi connectivity index (χ1v) is 7.75. The molecule has 0 bridgehead atoms. The molecule has 3 rings (SSSR count). The molecule has 0 aromatic carbocycles. The molecule has 118 valence electrons. The Labute approximate surface area is 129 Å². The number of pyridine rings is 1. The SMILES string of the molecule is CCCOC[C@@H]1C(=O)NC2c3nccc(C(C)C)c3C(=O)N21. The van der Waals surface area contributed by atoms with Gasteiger partial charge in [0.25, 0.3) is 5.91 Å². The molecular weight excluding hydrogens is 282 g/mol. The smallest absolute Gasteiger partial charge is 0.258 e. The standard InChI is InChI=1S/C16H21N3O3/c1-4-7-22-8-11-15(20)18-14-13-12(16(21)19(11)14)10(9(2)3)5-6-17-13/h5-6,9,11,14H,4,7-8H2,1-3H3,(H,18,20)/t11-,14?/m1/s1. The van der Waals surface area contributed by atoms with Crippen molar-refractivity contribution < 1.29 is 14.3 Å². The van der Waals surface area contributed by atoms with Gasteiger partial charge >= 0.3 is 0 Å². The highest BCUT2D eigenvalue weighted by Crippen LogP contribution is 2.39. The summed E-state index contributed by atoms with van der Waals surface area (Å²) in [5.74, 6) is -0.0664. The number of fused-ring (bicyclic) bond motifs is 3. The Morgan fingerprint density at radius 1 is 1.41 bits per heavy atom. The summed E-state index contributed by atoms with van der Waals surface area (Å²) in [6.07, 6.45) is 2.13. The van der Waals surface area contributed by atoms with Crippen LogP contribution in [0, 0.1) is 0 Å². The van der Waals surface area contributed by atoms with Gasteiger partial charge in [-0.15, -0.1) is 0 Å². The molecular formula is C16H21N3O3. The van der Waals surface area contributed by atoms with Gasteiger partial charge in [0.15, 0.2) is 0 Å². The van der Waals surface area contributed by atoms with Gasteiger partial charge in [-0.3, -0.25) is 19.5 Å². The van der Waals surface area contributed by atoms with Crippen molar-refractivity contribution >= 4 is 11.8 Å². The minimum atomic E-state index is -0.571. The van der Waals surface area contributed by atoms with Crippen molar-refractivity contribution in [1.29, 1.82) is 0 Å². The molecule has 2 aliphatic rings. The second-order valence-corrected chi connectivity index (χ2v) is 6.03. The predicted molar refractivity (Wildman–Crippen MR) is 80.3 cm³/mol. The van der Waals surface area contributed by atoms with Gasteiger partial charge in [-0.25, -0.2) is 0 Å². The van der Waals surface area contributed by atoms with Crippen molar-refractivity contribution in [3.8, 4) is 0 Å². The zero-order valence-electron chi connectivity index (χ0n) is 13.1. The Bertz CT molecular complexity index is 615. The Hall–Kier alpha value is -1.95. The van der Waals surface area contributed by atoms with Crippen molar-refractivity contribution in [1.82, 2.24) is 15.2 Å². The molecule has 2 amide bonds. The zero-order chi connectivity index (χ0) is 15.9. The number of aromatic nitrogens is 1. The Morgan fingerprint density at radius 3 is 2.86 bits per heavy atom. The van der Waals surface area contributed by atoms with Crippen LogP contribution < -0.4 is 5.32 Å². The number of ether oxygens (including phenoxy) is 1. The maximum Gasteiger partial charge on any atom is 0.258 e. The van der Waals surface area contributed by atoms with E-state index in [-0.39, 0.29) is 24.3 Å². The van der Waals surface area contributed by atoms with Crippen LogP contribution in [-0.4, -0.2) is 41.0 Å². The second kappa shape index (κ2) is 5.68. The number of hydrogen-bond acceptors (Lipinski definition) is 4. The van der Waals surface area contributed by atoms with Crippen LogP contribution in [0.15, 0.2) is 12.3 Å². The highest BCUT2D eigenvalue weighted by Gasteiger charge is 2.51. The summed E-state index contributed by atoms with van der Waals surface area (Å²) in [6, 6.07) is 1.31. The van der Waals surface area contributed by atoms with Gasteiger partial charge in [0.1, 0.15) is 12.2 Å². The van der Waals surface area contributed by atoms with Crippen LogP contribution in [0.4, 0.5) is 0 Å². The molecule has 2 atom stereocenters. The molecule has 1 saturated heterocycles. The molecule has 1 N–H and O–H groups in total. The van der Waals surface area contributed by atoms with E-state index in [9.17, 15) is 9.59 Å². The Morgan fingerprint density at radius 2 is 2.18 bits per heavy atom. The molecule has 1 aromatic heterocycles. The number of nitrogens with one attached hydrogen (secondary N) is 1. The summed E-state index contributed by atoms with van der Waals surface area (Å²) < 4.78 is 5.50. The lowest BCUT2D eigenvalue weighted by Crippen LogP contribution is -2.39. The minimum absolute atomic E-state index is 0.125. The van der Waals surface area contributed by atoms with Gasteiger partial charge in [-0.05, 0) is 24.0 Å². The molecule has 0 aliphatic carbocycles. The van der Waals surface area contributed by atoms with Gasteiger partial charge in [0, 0.05) is 12.8 Å². The topological polar surface area (TPSA) is 71.5 Å². The van der Waals surface area contributed by atoms with Crippen LogP contribution in [-0.2, 0) is 9.53 Å². The van der Waals surface area contributed by atoms with Gasteiger partial charge in [0.2, 0.25) is 5.91 Å². The molecule has 2 aliphatic heterocycles. The first-order chi connectivity index (χ1) is 10.6. The molecule has 1 aromatic rings. The quantitative estimate of drug-likeness (QED) is 0.838. The van der Waals surface area contributed by atoms with Gasteiger partial charge < -0.3 is 10.1 Å². The highest BCUT2D eigenvalue weighted by molar-refractivity contribution is 6.05. The maximum absolute atomic E-state index is 12.8. The molecule has 1 fully saturated rings. The number of amides is 2. The lowest BCUT2D eigenvalue weighted by Gasteiger charge is -2.20. The van der Waals surface area contributed by atoms with E-state index >= 15 is 0 Å². The summed E-state index contributed by atoms with van der Waals surface area (Å²) in [4.78, 5) is 30.9. The summed E-state index contributed by atoms with van der Waals surface area (Å²) in [5.41, 5.74) is 2.28. The molecule has 0 radical (unpaired) electrons. The molecule has 1 unspecified atom stereocenters. The molecule has 6 heteroatoms. The van der Waals surface area contributed by atoms with Crippen molar-refractivity contribution in [2.24, 2.45) is 0 Å². The van der Waals surface area contributed by atoms with Crippen LogP contribution >= 0.6 is 0 Å². The number of rotatable bonds is 5. The molecule has 0 saturated carbocycles. The Kier molecular flexibility index (Phi) is 3.87.